The summed E-state index contributed by atoms with van der Waals surface area (Å²) in [6.07, 6.45) is 0. The van der Waals surface area contributed by atoms with Crippen molar-refractivity contribution in [3.8, 4) is 5.88 Å². The summed E-state index contributed by atoms with van der Waals surface area (Å²) in [5.74, 6) is -0.232. The number of hydrogen-bond donors (Lipinski definition) is 5. The fourth-order valence-corrected chi connectivity index (χ4v) is 4.90. The summed E-state index contributed by atoms with van der Waals surface area (Å²) in [4.78, 5) is 21.3. The standard InChI is InChI=1S/C33H31N5O2S/c1-3-34-33(41)37-26-16-10-15-25(20-26)36-30(23-13-8-5-9-14-23)29-27-19-24(17-18-28(27)38-32(29)40)31(39)35-21(2)22-11-6-4-7-12-22/h4-21,38,40H,3H2,1-2H3,(H,35,39)(H2,34,37,41)/t21-/m0/s1. The number of fused-ring (bicyclic) bond motifs is 1. The molecule has 0 unspecified atom stereocenters. The van der Waals surface area contributed by atoms with Crippen molar-refractivity contribution in [2.75, 3.05) is 11.9 Å². The third-order valence-corrected chi connectivity index (χ3v) is 6.90. The highest BCUT2D eigenvalue weighted by Gasteiger charge is 2.21. The number of aliphatic imine (C=N–C) groups is 1. The average molecular weight is 562 g/mol. The van der Waals surface area contributed by atoms with Gasteiger partial charge in [0.25, 0.3) is 5.91 Å². The van der Waals surface area contributed by atoms with Gasteiger partial charge in [0.15, 0.2) is 11.0 Å². The summed E-state index contributed by atoms with van der Waals surface area (Å²) in [7, 11) is 0. The van der Waals surface area contributed by atoms with Gasteiger partial charge >= 0.3 is 0 Å². The van der Waals surface area contributed by atoms with Crippen molar-refractivity contribution in [3.05, 3.63) is 125 Å². The molecule has 0 saturated heterocycles. The highest BCUT2D eigenvalue weighted by Crippen LogP contribution is 2.33. The van der Waals surface area contributed by atoms with E-state index >= 15 is 0 Å². The Morgan fingerprint density at radius 3 is 2.39 bits per heavy atom. The summed E-state index contributed by atoms with van der Waals surface area (Å²) in [6.45, 7) is 4.65. The molecule has 0 spiro atoms. The summed E-state index contributed by atoms with van der Waals surface area (Å²) in [5.41, 5.74) is 5.55. The Kier molecular flexibility index (Phi) is 8.41. The number of rotatable bonds is 8. The molecule has 0 saturated carbocycles. The van der Waals surface area contributed by atoms with Crippen molar-refractivity contribution in [2.24, 2.45) is 4.99 Å². The van der Waals surface area contributed by atoms with Crippen molar-refractivity contribution in [1.29, 1.82) is 0 Å². The Morgan fingerprint density at radius 2 is 1.66 bits per heavy atom. The van der Waals surface area contributed by atoms with Crippen LogP contribution >= 0.6 is 12.2 Å². The van der Waals surface area contributed by atoms with Gasteiger partial charge in [-0.1, -0.05) is 66.7 Å². The minimum absolute atomic E-state index is 0.0274. The van der Waals surface area contributed by atoms with Crippen LogP contribution in [0.3, 0.4) is 0 Å². The van der Waals surface area contributed by atoms with Crippen molar-refractivity contribution >= 4 is 51.2 Å². The summed E-state index contributed by atoms with van der Waals surface area (Å²) >= 11 is 5.34. The molecule has 8 heteroatoms. The van der Waals surface area contributed by atoms with Crippen molar-refractivity contribution in [1.82, 2.24) is 15.6 Å². The van der Waals surface area contributed by atoms with Gasteiger partial charge in [0.1, 0.15) is 0 Å². The molecule has 0 radical (unpaired) electrons. The molecule has 1 amide bonds. The number of H-pyrrole nitrogens is 1. The van der Waals surface area contributed by atoms with Gasteiger partial charge in [-0.2, -0.15) is 0 Å². The fourth-order valence-electron chi connectivity index (χ4n) is 4.64. The number of anilines is 1. The molecule has 0 aliphatic rings. The lowest BCUT2D eigenvalue weighted by molar-refractivity contribution is 0.0940. The molecule has 7 nitrogen and oxygen atoms in total. The van der Waals surface area contributed by atoms with E-state index in [1.807, 2.05) is 98.8 Å². The SMILES string of the molecule is CCNC(=S)Nc1cccc(N=C(c2ccccc2)c2c(O)[nH]c3ccc(C(=O)N[C@@H](C)c4ccccc4)cc23)c1. The number of aromatic nitrogens is 1. The normalized spacial score (nSPS) is 12.1. The maximum Gasteiger partial charge on any atom is 0.251 e. The second kappa shape index (κ2) is 12.5. The molecule has 5 N–H and O–H groups in total. The van der Waals surface area contributed by atoms with Crippen molar-refractivity contribution < 1.29 is 9.90 Å². The highest BCUT2D eigenvalue weighted by molar-refractivity contribution is 7.80. The van der Waals surface area contributed by atoms with Crippen LogP contribution in [0.15, 0.2) is 108 Å². The smallest absolute Gasteiger partial charge is 0.251 e. The largest absolute Gasteiger partial charge is 0.494 e. The first-order valence-corrected chi connectivity index (χ1v) is 13.8. The zero-order chi connectivity index (χ0) is 28.8. The molecular weight excluding hydrogens is 530 g/mol. The number of nitrogens with zero attached hydrogens (tertiary/aromatic N) is 1. The van der Waals surface area contributed by atoms with Crippen LogP contribution in [-0.4, -0.2) is 33.4 Å². The number of thiocarbonyl (C=S) groups is 1. The molecule has 5 rings (SSSR count). The Morgan fingerprint density at radius 1 is 0.927 bits per heavy atom. The van der Waals surface area contributed by atoms with Crippen molar-refractivity contribution in [3.63, 3.8) is 0 Å². The first kappa shape index (κ1) is 27.6. The van der Waals surface area contributed by atoms with Gasteiger partial charge in [-0.3, -0.25) is 4.79 Å². The zero-order valence-corrected chi connectivity index (χ0v) is 23.6. The van der Waals surface area contributed by atoms with Gasteiger partial charge < -0.3 is 26.0 Å². The Labute approximate surface area is 244 Å². The highest BCUT2D eigenvalue weighted by atomic mass is 32.1. The first-order valence-electron chi connectivity index (χ1n) is 13.4. The second-order valence-electron chi connectivity index (χ2n) is 9.58. The van der Waals surface area contributed by atoms with Crippen LogP contribution in [0, 0.1) is 0 Å². The predicted octanol–water partition coefficient (Wildman–Crippen LogP) is 6.84. The molecule has 0 aliphatic carbocycles. The van der Waals surface area contributed by atoms with Gasteiger partial charge in [0, 0.05) is 34.3 Å². The maximum absolute atomic E-state index is 13.3. The number of amides is 1. The molecule has 1 aromatic heterocycles. The Balaban J connectivity index is 1.55. The van der Waals surface area contributed by atoms with Crippen LogP contribution in [0.1, 0.15) is 46.9 Å². The molecule has 1 atom stereocenters. The van der Waals surface area contributed by atoms with Gasteiger partial charge in [0.05, 0.1) is 23.0 Å². The molecule has 41 heavy (non-hydrogen) atoms. The van der Waals surface area contributed by atoms with Crippen molar-refractivity contribution in [2.45, 2.75) is 19.9 Å². The van der Waals surface area contributed by atoms with Gasteiger partial charge in [-0.05, 0) is 68.0 Å². The summed E-state index contributed by atoms with van der Waals surface area (Å²) in [5, 5.41) is 21.7. The Bertz CT molecular complexity index is 1710. The lowest BCUT2D eigenvalue weighted by atomic mass is 9.99. The molecule has 0 bridgehead atoms. The van der Waals surface area contributed by atoms with E-state index in [2.05, 4.69) is 20.9 Å². The van der Waals surface area contributed by atoms with Crippen LogP contribution in [0.25, 0.3) is 10.9 Å². The third-order valence-electron chi connectivity index (χ3n) is 6.65. The number of aromatic amines is 1. The monoisotopic (exact) mass is 561 g/mol. The fraction of sp³-hybridized carbons (Fsp3) is 0.121. The third kappa shape index (κ3) is 6.45. The summed E-state index contributed by atoms with van der Waals surface area (Å²) in [6, 6.07) is 32.2. The number of carbonyl (C=O) groups is 1. The maximum atomic E-state index is 13.3. The lowest BCUT2D eigenvalue weighted by Gasteiger charge is -2.14. The van der Waals surface area contributed by atoms with E-state index in [9.17, 15) is 9.90 Å². The lowest BCUT2D eigenvalue weighted by Crippen LogP contribution is -2.27. The quantitative estimate of drug-likeness (QED) is 0.105. The van der Waals surface area contributed by atoms with E-state index in [1.54, 1.807) is 18.2 Å². The van der Waals surface area contributed by atoms with E-state index < -0.39 is 0 Å². The average Bonchev–Trinajstić information content (AvgIpc) is 3.31. The molecular formula is C33H31N5O2S. The van der Waals surface area contributed by atoms with Gasteiger partial charge in [0.2, 0.25) is 0 Å². The van der Waals surface area contributed by atoms with E-state index in [-0.39, 0.29) is 17.8 Å². The second-order valence-corrected chi connectivity index (χ2v) is 9.98. The number of carbonyl (C=O) groups excluding carboxylic acids is 1. The predicted molar refractivity (Wildman–Crippen MR) is 170 cm³/mol. The minimum atomic E-state index is -0.205. The molecule has 5 aromatic rings. The molecule has 4 aromatic carbocycles. The van der Waals surface area contributed by atoms with Gasteiger partial charge in [-0.25, -0.2) is 4.99 Å². The number of aromatic hydroxyl groups is 1. The number of hydrogen-bond acceptors (Lipinski definition) is 4. The van der Waals surface area contributed by atoms with Crippen LogP contribution in [0.4, 0.5) is 11.4 Å². The molecule has 1 heterocycles. The molecule has 0 aliphatic heterocycles. The van der Waals surface area contributed by atoms with E-state index in [4.69, 9.17) is 17.2 Å². The zero-order valence-electron chi connectivity index (χ0n) is 22.8. The first-order chi connectivity index (χ1) is 19.9. The number of benzene rings is 4. The number of nitrogens with one attached hydrogen (secondary N) is 4. The molecule has 206 valence electrons. The molecule has 0 fully saturated rings. The van der Waals surface area contributed by atoms with Crippen LogP contribution in [-0.2, 0) is 0 Å². The van der Waals surface area contributed by atoms with E-state index in [0.29, 0.717) is 45.1 Å². The Hall–Kier alpha value is -4.95. The van der Waals surface area contributed by atoms with Crippen LogP contribution in [0.2, 0.25) is 0 Å². The van der Waals surface area contributed by atoms with Crippen LogP contribution in [0.5, 0.6) is 5.88 Å². The topological polar surface area (TPSA) is 102 Å². The van der Waals surface area contributed by atoms with E-state index in [1.165, 1.54) is 0 Å². The minimum Gasteiger partial charge on any atom is -0.494 e. The summed E-state index contributed by atoms with van der Waals surface area (Å²) < 4.78 is 0. The van der Waals surface area contributed by atoms with Crippen LogP contribution < -0.4 is 16.0 Å². The van der Waals surface area contributed by atoms with E-state index in [0.717, 1.165) is 16.8 Å². The van der Waals surface area contributed by atoms with Gasteiger partial charge in [-0.15, -0.1) is 0 Å².